The summed E-state index contributed by atoms with van der Waals surface area (Å²) in [6.45, 7) is 9.60. The second kappa shape index (κ2) is 9.30. The summed E-state index contributed by atoms with van der Waals surface area (Å²) >= 11 is 2.45. The first-order valence-electron chi connectivity index (χ1n) is 10.5. The van der Waals surface area contributed by atoms with Gasteiger partial charge in [0.2, 0.25) is 10.0 Å². The first-order valence-corrected chi connectivity index (χ1v) is 13.7. The Labute approximate surface area is 196 Å². The molecule has 0 saturated carbocycles. The molecule has 0 bridgehead atoms. The number of piperidine rings is 1. The first kappa shape index (κ1) is 22.9. The Bertz CT molecular complexity index is 1250. The number of carbonyl (C=O) groups is 1. The fourth-order valence-electron chi connectivity index (χ4n) is 3.99. The third-order valence-corrected chi connectivity index (χ3v) is 9.40. The lowest BCUT2D eigenvalue weighted by atomic mass is 10.2. The number of sulfonamides is 1. The highest BCUT2D eigenvalue weighted by Crippen LogP contribution is 2.32. The molecule has 3 aromatic rings. The zero-order valence-electron chi connectivity index (χ0n) is 18.1. The van der Waals surface area contributed by atoms with E-state index >= 15 is 0 Å². The number of allylic oxidation sites excluding steroid dienone is 1. The zero-order chi connectivity index (χ0) is 22.9. The Morgan fingerprint density at radius 3 is 2.72 bits per heavy atom. The Morgan fingerprint density at radius 1 is 1.25 bits per heavy atom. The summed E-state index contributed by atoms with van der Waals surface area (Å²) in [4.78, 5) is 17.8. The number of thiophene rings is 1. The molecule has 1 saturated heterocycles. The summed E-state index contributed by atoms with van der Waals surface area (Å²) in [5.41, 5.74) is 3.98. The number of aromatic nitrogens is 2. The lowest BCUT2D eigenvalue weighted by Crippen LogP contribution is -2.36. The van der Waals surface area contributed by atoms with E-state index < -0.39 is 15.9 Å². The summed E-state index contributed by atoms with van der Waals surface area (Å²) in [6.07, 6.45) is 4.58. The summed E-state index contributed by atoms with van der Waals surface area (Å²) in [7, 11) is -3.68. The third kappa shape index (κ3) is 4.32. The van der Waals surface area contributed by atoms with E-state index in [1.54, 1.807) is 5.38 Å². The molecule has 170 valence electrons. The number of rotatable bonds is 7. The Morgan fingerprint density at radius 2 is 2.00 bits per heavy atom. The van der Waals surface area contributed by atoms with Crippen molar-refractivity contribution in [3.05, 3.63) is 51.8 Å². The maximum atomic E-state index is 13.1. The van der Waals surface area contributed by atoms with Gasteiger partial charge in [-0.05, 0) is 44.2 Å². The van der Waals surface area contributed by atoms with Crippen molar-refractivity contribution in [1.29, 1.82) is 0 Å². The highest BCUT2D eigenvalue weighted by Gasteiger charge is 2.31. The average Bonchev–Trinajstić information content (AvgIpc) is 3.51. The minimum Gasteiger partial charge on any atom is -0.345 e. The maximum absolute atomic E-state index is 13.1. The van der Waals surface area contributed by atoms with Gasteiger partial charge in [0.15, 0.2) is 5.13 Å². The van der Waals surface area contributed by atoms with Gasteiger partial charge in [0.25, 0.3) is 5.91 Å². The Hall–Kier alpha value is -2.27. The van der Waals surface area contributed by atoms with Gasteiger partial charge in [-0.3, -0.25) is 10.1 Å². The highest BCUT2D eigenvalue weighted by atomic mass is 32.2. The van der Waals surface area contributed by atoms with Crippen molar-refractivity contribution in [2.45, 2.75) is 44.6 Å². The lowest BCUT2D eigenvalue weighted by Gasteiger charge is -2.25. The van der Waals surface area contributed by atoms with Crippen LogP contribution in [0.1, 0.15) is 40.3 Å². The molecular formula is C22H26N4O3S3. The van der Waals surface area contributed by atoms with Crippen LogP contribution in [-0.2, 0) is 16.6 Å². The number of hydrogen-bond donors (Lipinski definition) is 1. The molecule has 0 aliphatic carbocycles. The largest absolute Gasteiger partial charge is 0.345 e. The number of aryl methyl sites for hydroxylation is 1. The van der Waals surface area contributed by atoms with Crippen LogP contribution in [-0.4, -0.2) is 41.3 Å². The minimum absolute atomic E-state index is 0.0756. The average molecular weight is 491 g/mol. The van der Waals surface area contributed by atoms with Gasteiger partial charge in [-0.15, -0.1) is 29.3 Å². The molecule has 1 N–H and O–H groups in total. The van der Waals surface area contributed by atoms with E-state index in [0.717, 1.165) is 59.8 Å². The normalized spacial score (nSPS) is 15.1. The predicted octanol–water partition coefficient (Wildman–Crippen LogP) is 4.90. The molecule has 4 heterocycles. The van der Waals surface area contributed by atoms with E-state index in [1.165, 1.54) is 21.7 Å². The van der Waals surface area contributed by atoms with Crippen LogP contribution < -0.4 is 5.32 Å². The molecule has 1 aliphatic rings. The van der Waals surface area contributed by atoms with E-state index in [9.17, 15) is 13.2 Å². The zero-order valence-corrected chi connectivity index (χ0v) is 20.6. The molecule has 0 atom stereocenters. The van der Waals surface area contributed by atoms with Crippen LogP contribution in [0.15, 0.2) is 40.4 Å². The van der Waals surface area contributed by atoms with Gasteiger partial charge in [-0.25, -0.2) is 13.4 Å². The number of anilines is 1. The number of carbonyl (C=O) groups excluding carboxylic acids is 1. The minimum atomic E-state index is -3.68. The predicted molar refractivity (Wildman–Crippen MR) is 130 cm³/mol. The van der Waals surface area contributed by atoms with Crippen molar-refractivity contribution in [3.8, 4) is 11.3 Å². The quantitative estimate of drug-likeness (QED) is 0.477. The van der Waals surface area contributed by atoms with Crippen LogP contribution in [0.3, 0.4) is 0 Å². The molecular weight excluding hydrogens is 464 g/mol. The molecule has 32 heavy (non-hydrogen) atoms. The molecule has 7 nitrogen and oxygen atoms in total. The van der Waals surface area contributed by atoms with E-state index in [1.807, 2.05) is 25.3 Å². The fourth-order valence-corrected chi connectivity index (χ4v) is 7.51. The maximum Gasteiger partial charge on any atom is 0.268 e. The van der Waals surface area contributed by atoms with Crippen molar-refractivity contribution < 1.29 is 13.2 Å². The second-order valence-electron chi connectivity index (χ2n) is 7.75. The molecule has 0 spiro atoms. The van der Waals surface area contributed by atoms with Crippen molar-refractivity contribution in [2.24, 2.45) is 0 Å². The van der Waals surface area contributed by atoms with E-state index in [0.29, 0.717) is 18.2 Å². The van der Waals surface area contributed by atoms with Crippen LogP contribution in [0.5, 0.6) is 0 Å². The summed E-state index contributed by atoms with van der Waals surface area (Å²) in [6, 6.07) is 3.59. The molecule has 0 unspecified atom stereocenters. The molecule has 3 aromatic heterocycles. The van der Waals surface area contributed by atoms with Gasteiger partial charge in [0.05, 0.1) is 5.69 Å². The smallest absolute Gasteiger partial charge is 0.268 e. The van der Waals surface area contributed by atoms with Crippen LogP contribution in [0, 0.1) is 13.8 Å². The third-order valence-electron chi connectivity index (χ3n) is 5.65. The highest BCUT2D eigenvalue weighted by molar-refractivity contribution is 7.89. The van der Waals surface area contributed by atoms with Gasteiger partial charge in [0, 0.05) is 42.0 Å². The van der Waals surface area contributed by atoms with Crippen molar-refractivity contribution in [2.75, 3.05) is 18.4 Å². The molecule has 0 aromatic carbocycles. The molecule has 0 radical (unpaired) electrons. The van der Waals surface area contributed by atoms with Crippen molar-refractivity contribution in [1.82, 2.24) is 13.9 Å². The van der Waals surface area contributed by atoms with Crippen LogP contribution >= 0.6 is 22.7 Å². The summed E-state index contributed by atoms with van der Waals surface area (Å²) in [5, 5.41) is 6.77. The topological polar surface area (TPSA) is 84.3 Å². The second-order valence-corrected chi connectivity index (χ2v) is 11.4. The van der Waals surface area contributed by atoms with E-state index in [4.69, 9.17) is 0 Å². The molecule has 1 aliphatic heterocycles. The number of thiazole rings is 1. The van der Waals surface area contributed by atoms with Gasteiger partial charge in [-0.1, -0.05) is 12.5 Å². The van der Waals surface area contributed by atoms with Crippen LogP contribution in [0.4, 0.5) is 5.13 Å². The first-order chi connectivity index (χ1) is 15.3. The van der Waals surface area contributed by atoms with Gasteiger partial charge in [0.1, 0.15) is 9.77 Å². The lowest BCUT2D eigenvalue weighted by molar-refractivity contribution is 0.102. The van der Waals surface area contributed by atoms with E-state index in [-0.39, 0.29) is 9.77 Å². The Kier molecular flexibility index (Phi) is 6.66. The van der Waals surface area contributed by atoms with Crippen molar-refractivity contribution in [3.63, 3.8) is 0 Å². The van der Waals surface area contributed by atoms with Gasteiger partial charge >= 0.3 is 0 Å². The number of nitrogens with one attached hydrogen (secondary N) is 1. The van der Waals surface area contributed by atoms with Gasteiger partial charge < -0.3 is 4.57 Å². The summed E-state index contributed by atoms with van der Waals surface area (Å²) < 4.78 is 29.8. The number of amides is 1. The fraction of sp³-hybridized carbons (Fsp3) is 0.364. The van der Waals surface area contributed by atoms with Crippen LogP contribution in [0.2, 0.25) is 0 Å². The number of hydrogen-bond acceptors (Lipinski definition) is 6. The van der Waals surface area contributed by atoms with Gasteiger partial charge in [-0.2, -0.15) is 4.31 Å². The summed E-state index contributed by atoms with van der Waals surface area (Å²) in [5.74, 6) is -0.450. The van der Waals surface area contributed by atoms with Crippen molar-refractivity contribution >= 4 is 43.7 Å². The Balaban J connectivity index is 1.55. The molecule has 1 fully saturated rings. The van der Waals surface area contributed by atoms with Crippen LogP contribution in [0.25, 0.3) is 11.3 Å². The van der Waals surface area contributed by atoms with E-state index in [2.05, 4.69) is 27.5 Å². The molecule has 4 rings (SSSR count). The number of nitrogens with zero attached hydrogens (tertiary/aromatic N) is 3. The SMILES string of the molecule is C=CCn1c(C)cc(-c2csc(NC(=O)c3sccc3S(=O)(=O)N3CCCCC3)n2)c1C. The standard InChI is InChI=1S/C22H26N4O3S3/c1-4-9-26-15(2)13-17(16(26)3)18-14-31-22(23-18)24-21(27)20-19(8-12-30-20)32(28,29)25-10-6-5-7-11-25/h4,8,12-14H,1,5-7,9-11H2,2-3H3,(H,23,24,27). The monoisotopic (exact) mass is 490 g/mol. The molecule has 1 amide bonds. The molecule has 10 heteroatoms.